The average molecular weight is 198 g/mol. The van der Waals surface area contributed by atoms with E-state index in [1.54, 1.807) is 11.9 Å². The summed E-state index contributed by atoms with van der Waals surface area (Å²) in [5.41, 5.74) is 5.38. The van der Waals surface area contributed by atoms with Gasteiger partial charge in [-0.2, -0.15) is 4.98 Å². The summed E-state index contributed by atoms with van der Waals surface area (Å²) in [7, 11) is 1.78. The van der Waals surface area contributed by atoms with Crippen LogP contribution in [-0.4, -0.2) is 23.6 Å². The second kappa shape index (κ2) is 4.21. The minimum Gasteiger partial charge on any atom is -0.368 e. The van der Waals surface area contributed by atoms with Crippen molar-refractivity contribution in [3.63, 3.8) is 0 Å². The molecule has 0 aliphatic rings. The van der Waals surface area contributed by atoms with Crippen molar-refractivity contribution < 1.29 is 4.39 Å². The van der Waals surface area contributed by atoms with Crippen LogP contribution in [0.15, 0.2) is 6.20 Å². The Hall–Kier alpha value is -1.39. The first-order valence-electron chi connectivity index (χ1n) is 4.50. The van der Waals surface area contributed by atoms with Gasteiger partial charge in [-0.15, -0.1) is 0 Å². The SMILES string of the molecule is CC(C)CN(C)c1nc(N)ncc1F. The Balaban J connectivity index is 2.88. The van der Waals surface area contributed by atoms with E-state index < -0.39 is 5.82 Å². The molecule has 0 spiro atoms. The molecule has 0 aliphatic carbocycles. The summed E-state index contributed by atoms with van der Waals surface area (Å²) in [6.07, 6.45) is 1.09. The lowest BCUT2D eigenvalue weighted by molar-refractivity contribution is 0.587. The van der Waals surface area contributed by atoms with Crippen LogP contribution in [0.3, 0.4) is 0 Å². The highest BCUT2D eigenvalue weighted by atomic mass is 19.1. The molecule has 0 atom stereocenters. The molecule has 4 nitrogen and oxygen atoms in total. The van der Waals surface area contributed by atoms with Crippen molar-refractivity contribution in [1.82, 2.24) is 9.97 Å². The van der Waals surface area contributed by atoms with Crippen molar-refractivity contribution in [3.05, 3.63) is 12.0 Å². The van der Waals surface area contributed by atoms with E-state index in [9.17, 15) is 4.39 Å². The molecule has 0 radical (unpaired) electrons. The Kier molecular flexibility index (Phi) is 3.22. The monoisotopic (exact) mass is 198 g/mol. The fourth-order valence-corrected chi connectivity index (χ4v) is 1.27. The first-order valence-corrected chi connectivity index (χ1v) is 4.50. The van der Waals surface area contributed by atoms with Gasteiger partial charge in [0.05, 0.1) is 6.20 Å². The third kappa shape index (κ3) is 2.55. The summed E-state index contributed by atoms with van der Waals surface area (Å²) in [4.78, 5) is 9.14. The van der Waals surface area contributed by atoms with Gasteiger partial charge in [-0.3, -0.25) is 0 Å². The third-order valence-electron chi connectivity index (χ3n) is 1.74. The quantitative estimate of drug-likeness (QED) is 0.795. The predicted octanol–water partition coefficient (Wildman–Crippen LogP) is 1.29. The van der Waals surface area contributed by atoms with Crippen LogP contribution >= 0.6 is 0 Å². The van der Waals surface area contributed by atoms with Crippen molar-refractivity contribution in [2.24, 2.45) is 5.92 Å². The smallest absolute Gasteiger partial charge is 0.222 e. The van der Waals surface area contributed by atoms with E-state index in [0.717, 1.165) is 12.7 Å². The van der Waals surface area contributed by atoms with Crippen LogP contribution < -0.4 is 10.6 Å². The van der Waals surface area contributed by atoms with E-state index in [2.05, 4.69) is 23.8 Å². The number of nitrogen functional groups attached to an aromatic ring is 1. The second-order valence-corrected chi connectivity index (χ2v) is 3.67. The van der Waals surface area contributed by atoms with Crippen LogP contribution in [0.25, 0.3) is 0 Å². The van der Waals surface area contributed by atoms with Gasteiger partial charge in [-0.25, -0.2) is 9.37 Å². The van der Waals surface area contributed by atoms with Gasteiger partial charge >= 0.3 is 0 Å². The first-order chi connectivity index (χ1) is 6.50. The van der Waals surface area contributed by atoms with E-state index in [1.165, 1.54) is 0 Å². The molecule has 0 saturated carbocycles. The zero-order valence-corrected chi connectivity index (χ0v) is 8.66. The van der Waals surface area contributed by atoms with Gasteiger partial charge in [0.1, 0.15) is 0 Å². The molecule has 1 heterocycles. The lowest BCUT2D eigenvalue weighted by Gasteiger charge is -2.20. The highest BCUT2D eigenvalue weighted by Gasteiger charge is 2.11. The maximum absolute atomic E-state index is 13.2. The molecule has 0 aromatic carbocycles. The molecule has 1 aromatic heterocycles. The topological polar surface area (TPSA) is 55.0 Å². The van der Waals surface area contributed by atoms with Gasteiger partial charge in [0, 0.05) is 13.6 Å². The minimum absolute atomic E-state index is 0.0945. The van der Waals surface area contributed by atoms with E-state index in [1.807, 2.05) is 0 Å². The molecule has 0 fully saturated rings. The van der Waals surface area contributed by atoms with Crippen LogP contribution in [0, 0.1) is 11.7 Å². The molecule has 0 amide bonds. The van der Waals surface area contributed by atoms with E-state index in [0.29, 0.717) is 5.92 Å². The van der Waals surface area contributed by atoms with E-state index >= 15 is 0 Å². The molecule has 14 heavy (non-hydrogen) atoms. The fourth-order valence-electron chi connectivity index (χ4n) is 1.27. The Bertz CT molecular complexity index is 314. The van der Waals surface area contributed by atoms with E-state index in [4.69, 9.17) is 5.73 Å². The Morgan fingerprint density at radius 3 is 2.79 bits per heavy atom. The molecule has 1 aromatic rings. The summed E-state index contributed by atoms with van der Waals surface area (Å²) >= 11 is 0. The maximum atomic E-state index is 13.2. The number of halogens is 1. The average Bonchev–Trinajstić information content (AvgIpc) is 2.08. The molecule has 0 saturated heterocycles. The van der Waals surface area contributed by atoms with Crippen LogP contribution in [0.1, 0.15) is 13.8 Å². The summed E-state index contributed by atoms with van der Waals surface area (Å²) in [6.45, 7) is 4.84. The summed E-state index contributed by atoms with van der Waals surface area (Å²) in [5, 5.41) is 0. The molecule has 5 heteroatoms. The normalized spacial score (nSPS) is 10.6. The minimum atomic E-state index is -0.442. The van der Waals surface area contributed by atoms with Gasteiger partial charge < -0.3 is 10.6 Å². The number of hydrogen-bond donors (Lipinski definition) is 1. The molecule has 0 aliphatic heterocycles. The van der Waals surface area contributed by atoms with Gasteiger partial charge in [0.15, 0.2) is 11.6 Å². The lowest BCUT2D eigenvalue weighted by Crippen LogP contribution is -2.25. The number of nitrogens with zero attached hydrogens (tertiary/aromatic N) is 3. The maximum Gasteiger partial charge on any atom is 0.222 e. The van der Waals surface area contributed by atoms with Crippen molar-refractivity contribution in [1.29, 1.82) is 0 Å². The second-order valence-electron chi connectivity index (χ2n) is 3.67. The number of anilines is 2. The van der Waals surface area contributed by atoms with Crippen molar-refractivity contribution in [2.75, 3.05) is 24.2 Å². The molecular weight excluding hydrogens is 183 g/mol. The predicted molar refractivity (Wildman–Crippen MR) is 54.5 cm³/mol. The highest BCUT2D eigenvalue weighted by molar-refractivity contribution is 5.41. The summed E-state index contributed by atoms with van der Waals surface area (Å²) in [5.74, 6) is 0.348. The number of hydrogen-bond acceptors (Lipinski definition) is 4. The largest absolute Gasteiger partial charge is 0.368 e. The number of nitrogens with two attached hydrogens (primary N) is 1. The van der Waals surface area contributed by atoms with Crippen LogP contribution in [0.4, 0.5) is 16.2 Å². The highest BCUT2D eigenvalue weighted by Crippen LogP contribution is 2.15. The van der Waals surface area contributed by atoms with Crippen molar-refractivity contribution >= 4 is 11.8 Å². The number of aromatic nitrogens is 2. The molecule has 2 N–H and O–H groups in total. The van der Waals surface area contributed by atoms with Gasteiger partial charge in [-0.1, -0.05) is 13.8 Å². The zero-order valence-electron chi connectivity index (χ0n) is 8.66. The third-order valence-corrected chi connectivity index (χ3v) is 1.74. The molecule has 1 rings (SSSR count). The van der Waals surface area contributed by atoms with Gasteiger partial charge in [0.25, 0.3) is 0 Å². The van der Waals surface area contributed by atoms with Crippen molar-refractivity contribution in [3.8, 4) is 0 Å². The standard InChI is InChI=1S/C9H15FN4/c1-6(2)5-14(3)8-7(10)4-12-9(11)13-8/h4,6H,5H2,1-3H3,(H2,11,12,13). The molecule has 0 unspecified atom stereocenters. The van der Waals surface area contributed by atoms with Gasteiger partial charge in [0.2, 0.25) is 5.95 Å². The number of rotatable bonds is 3. The fraction of sp³-hybridized carbons (Fsp3) is 0.556. The Morgan fingerprint density at radius 1 is 1.57 bits per heavy atom. The Labute approximate surface area is 83.0 Å². The lowest BCUT2D eigenvalue weighted by atomic mass is 10.2. The van der Waals surface area contributed by atoms with Gasteiger partial charge in [-0.05, 0) is 5.92 Å². The van der Waals surface area contributed by atoms with E-state index in [-0.39, 0.29) is 11.8 Å². The van der Waals surface area contributed by atoms with Crippen molar-refractivity contribution in [2.45, 2.75) is 13.8 Å². The first kappa shape index (κ1) is 10.7. The van der Waals surface area contributed by atoms with Crippen LogP contribution in [-0.2, 0) is 0 Å². The summed E-state index contributed by atoms with van der Waals surface area (Å²) < 4.78 is 13.2. The van der Waals surface area contributed by atoms with Crippen LogP contribution in [0.5, 0.6) is 0 Å². The summed E-state index contributed by atoms with van der Waals surface area (Å²) in [6, 6.07) is 0. The Morgan fingerprint density at radius 2 is 2.21 bits per heavy atom. The van der Waals surface area contributed by atoms with Crippen LogP contribution in [0.2, 0.25) is 0 Å². The molecule has 0 bridgehead atoms. The molecule has 78 valence electrons. The zero-order chi connectivity index (χ0) is 10.7. The molecular formula is C9H15FN4.